The molecule has 92 valence electrons. The first-order valence-electron chi connectivity index (χ1n) is 5.71. The van der Waals surface area contributed by atoms with Gasteiger partial charge in [-0.3, -0.25) is 4.79 Å². The van der Waals surface area contributed by atoms with E-state index < -0.39 is 0 Å². The predicted molar refractivity (Wildman–Crippen MR) is 64.0 cm³/mol. The molecule has 17 heavy (non-hydrogen) atoms. The number of nitrogens with one attached hydrogen (secondary N) is 1. The standard InChI is InChI=1S/C13H17NO3/c1-13(2)6-8(13)7-14-12(17)9-4-3-5-10(15)11(9)16/h3-5,8,15-16H,6-7H2,1-2H3,(H,14,17). The average Bonchev–Trinajstić information content (AvgIpc) is 2.87. The molecule has 4 nitrogen and oxygen atoms in total. The Kier molecular flexibility index (Phi) is 2.73. The van der Waals surface area contributed by atoms with Crippen LogP contribution >= 0.6 is 0 Å². The maximum Gasteiger partial charge on any atom is 0.255 e. The normalized spacial score (nSPS) is 20.9. The van der Waals surface area contributed by atoms with Gasteiger partial charge in [-0.15, -0.1) is 0 Å². The highest BCUT2D eigenvalue weighted by Gasteiger charge is 2.45. The molecular formula is C13H17NO3. The summed E-state index contributed by atoms with van der Waals surface area (Å²) in [6, 6.07) is 4.36. The molecule has 0 aromatic heterocycles. The summed E-state index contributed by atoms with van der Waals surface area (Å²) in [7, 11) is 0. The summed E-state index contributed by atoms with van der Waals surface area (Å²) in [4.78, 5) is 11.8. The average molecular weight is 235 g/mol. The minimum absolute atomic E-state index is 0.114. The number of para-hydroxylation sites is 1. The van der Waals surface area contributed by atoms with Gasteiger partial charge in [0.25, 0.3) is 5.91 Å². The summed E-state index contributed by atoms with van der Waals surface area (Å²) in [6.07, 6.45) is 1.11. The molecule has 0 heterocycles. The SMILES string of the molecule is CC1(C)CC1CNC(=O)c1cccc(O)c1O. The second-order valence-electron chi connectivity index (χ2n) is 5.27. The highest BCUT2D eigenvalue weighted by atomic mass is 16.3. The van der Waals surface area contributed by atoms with Gasteiger partial charge >= 0.3 is 0 Å². The fourth-order valence-electron chi connectivity index (χ4n) is 1.95. The van der Waals surface area contributed by atoms with Gasteiger partial charge in [-0.1, -0.05) is 19.9 Å². The Bertz CT molecular complexity index is 454. The predicted octanol–water partition coefficient (Wildman–Crippen LogP) is 1.87. The van der Waals surface area contributed by atoms with Crippen molar-refractivity contribution in [3.05, 3.63) is 23.8 Å². The van der Waals surface area contributed by atoms with Crippen LogP contribution in [0.4, 0.5) is 0 Å². The molecule has 1 unspecified atom stereocenters. The van der Waals surface area contributed by atoms with E-state index in [1.54, 1.807) is 0 Å². The van der Waals surface area contributed by atoms with Crippen LogP contribution in [0.25, 0.3) is 0 Å². The summed E-state index contributed by atoms with van der Waals surface area (Å²) < 4.78 is 0. The van der Waals surface area contributed by atoms with Gasteiger partial charge in [0, 0.05) is 6.54 Å². The van der Waals surface area contributed by atoms with Gasteiger partial charge in [0.2, 0.25) is 0 Å². The third-order valence-corrected chi connectivity index (χ3v) is 3.49. The number of hydrogen-bond acceptors (Lipinski definition) is 3. The number of carbonyl (C=O) groups is 1. The molecule has 0 bridgehead atoms. The number of benzene rings is 1. The van der Waals surface area contributed by atoms with E-state index in [0.29, 0.717) is 17.9 Å². The van der Waals surface area contributed by atoms with Crippen LogP contribution in [0.5, 0.6) is 11.5 Å². The number of carbonyl (C=O) groups excluding carboxylic acids is 1. The third-order valence-electron chi connectivity index (χ3n) is 3.49. The van der Waals surface area contributed by atoms with Crippen molar-refractivity contribution < 1.29 is 15.0 Å². The maximum absolute atomic E-state index is 11.8. The van der Waals surface area contributed by atoms with E-state index >= 15 is 0 Å². The minimum Gasteiger partial charge on any atom is -0.504 e. The molecule has 2 rings (SSSR count). The largest absolute Gasteiger partial charge is 0.504 e. The van der Waals surface area contributed by atoms with Crippen molar-refractivity contribution >= 4 is 5.91 Å². The summed E-state index contributed by atoms with van der Waals surface area (Å²) in [5.41, 5.74) is 0.428. The van der Waals surface area contributed by atoms with E-state index in [-0.39, 0.29) is 23.0 Å². The van der Waals surface area contributed by atoms with Crippen molar-refractivity contribution in [2.24, 2.45) is 11.3 Å². The molecule has 3 N–H and O–H groups in total. The minimum atomic E-state index is -0.361. The quantitative estimate of drug-likeness (QED) is 0.700. The highest BCUT2D eigenvalue weighted by molar-refractivity contribution is 5.97. The van der Waals surface area contributed by atoms with Crippen molar-refractivity contribution in [1.29, 1.82) is 0 Å². The number of phenols is 2. The summed E-state index contributed by atoms with van der Waals surface area (Å²) >= 11 is 0. The van der Waals surface area contributed by atoms with Gasteiger partial charge in [0.05, 0.1) is 5.56 Å². The molecule has 1 aromatic rings. The number of amides is 1. The van der Waals surface area contributed by atoms with Crippen molar-refractivity contribution in [2.75, 3.05) is 6.54 Å². The van der Waals surface area contributed by atoms with E-state index in [4.69, 9.17) is 0 Å². The Balaban J connectivity index is 1.98. The molecule has 1 saturated carbocycles. The van der Waals surface area contributed by atoms with E-state index in [1.165, 1.54) is 18.2 Å². The van der Waals surface area contributed by atoms with Crippen LogP contribution in [0, 0.1) is 11.3 Å². The van der Waals surface area contributed by atoms with Gasteiger partial charge in [0.15, 0.2) is 11.5 Å². The number of phenolic OH excluding ortho intramolecular Hbond substituents is 2. The maximum atomic E-state index is 11.8. The zero-order valence-electron chi connectivity index (χ0n) is 10.0. The van der Waals surface area contributed by atoms with Crippen LogP contribution in [0.15, 0.2) is 18.2 Å². The molecule has 1 atom stereocenters. The lowest BCUT2D eigenvalue weighted by atomic mass is 10.1. The molecule has 1 amide bonds. The summed E-state index contributed by atoms with van der Waals surface area (Å²) in [5, 5.41) is 21.6. The fourth-order valence-corrected chi connectivity index (χ4v) is 1.95. The lowest BCUT2D eigenvalue weighted by Crippen LogP contribution is -2.26. The molecular weight excluding hydrogens is 218 g/mol. The Morgan fingerprint density at radius 3 is 2.71 bits per heavy atom. The first-order valence-corrected chi connectivity index (χ1v) is 5.71. The van der Waals surface area contributed by atoms with Crippen LogP contribution in [0.3, 0.4) is 0 Å². The smallest absolute Gasteiger partial charge is 0.255 e. The topological polar surface area (TPSA) is 69.6 Å². The van der Waals surface area contributed by atoms with E-state index in [2.05, 4.69) is 19.2 Å². The molecule has 0 radical (unpaired) electrons. The number of hydrogen-bond donors (Lipinski definition) is 3. The molecule has 1 aromatic carbocycles. The van der Waals surface area contributed by atoms with Crippen molar-refractivity contribution in [1.82, 2.24) is 5.32 Å². The zero-order chi connectivity index (χ0) is 12.6. The van der Waals surface area contributed by atoms with E-state index in [9.17, 15) is 15.0 Å². The van der Waals surface area contributed by atoms with Crippen LogP contribution in [0.1, 0.15) is 30.6 Å². The van der Waals surface area contributed by atoms with Crippen molar-refractivity contribution in [3.63, 3.8) is 0 Å². The molecule has 1 aliphatic rings. The molecule has 0 spiro atoms. The number of rotatable bonds is 3. The highest BCUT2D eigenvalue weighted by Crippen LogP contribution is 2.51. The molecule has 4 heteroatoms. The van der Waals surface area contributed by atoms with Crippen LogP contribution in [-0.4, -0.2) is 22.7 Å². The third kappa shape index (κ3) is 2.35. The number of aromatic hydroxyl groups is 2. The van der Waals surface area contributed by atoms with Crippen LogP contribution < -0.4 is 5.32 Å². The second kappa shape index (κ2) is 3.95. The van der Waals surface area contributed by atoms with E-state index in [0.717, 1.165) is 6.42 Å². The van der Waals surface area contributed by atoms with Gasteiger partial charge < -0.3 is 15.5 Å². The molecule has 0 aliphatic heterocycles. The molecule has 1 aliphatic carbocycles. The van der Waals surface area contributed by atoms with Gasteiger partial charge in [0.1, 0.15) is 0 Å². The van der Waals surface area contributed by atoms with Crippen molar-refractivity contribution in [3.8, 4) is 11.5 Å². The summed E-state index contributed by atoms with van der Waals surface area (Å²) in [6.45, 7) is 4.94. The van der Waals surface area contributed by atoms with Gasteiger partial charge in [-0.25, -0.2) is 0 Å². The van der Waals surface area contributed by atoms with E-state index in [1.807, 2.05) is 0 Å². The first kappa shape index (κ1) is 11.8. The lowest BCUT2D eigenvalue weighted by Gasteiger charge is -2.08. The van der Waals surface area contributed by atoms with Crippen LogP contribution in [0.2, 0.25) is 0 Å². The Labute approximate surface area is 100 Å². The first-order chi connectivity index (χ1) is 7.92. The molecule has 0 saturated heterocycles. The van der Waals surface area contributed by atoms with Gasteiger partial charge in [-0.05, 0) is 29.9 Å². The van der Waals surface area contributed by atoms with Crippen molar-refractivity contribution in [2.45, 2.75) is 20.3 Å². The summed E-state index contributed by atoms with van der Waals surface area (Å²) in [5.74, 6) is -0.475. The molecule has 1 fully saturated rings. The zero-order valence-corrected chi connectivity index (χ0v) is 10.0. The fraction of sp³-hybridized carbons (Fsp3) is 0.462. The second-order valence-corrected chi connectivity index (χ2v) is 5.27. The van der Waals surface area contributed by atoms with Crippen LogP contribution in [-0.2, 0) is 0 Å². The Morgan fingerprint density at radius 1 is 1.47 bits per heavy atom. The Morgan fingerprint density at radius 2 is 2.12 bits per heavy atom. The Hall–Kier alpha value is -1.71. The van der Waals surface area contributed by atoms with Gasteiger partial charge in [-0.2, -0.15) is 0 Å². The monoisotopic (exact) mass is 235 g/mol. The lowest BCUT2D eigenvalue weighted by molar-refractivity contribution is 0.0947.